The molecule has 8 nitrogen and oxygen atoms in total. The Morgan fingerprint density at radius 3 is 2.23 bits per heavy atom. The minimum absolute atomic E-state index is 0.0958. The number of carbonyl (C=O) groups excluding carboxylic acids is 2. The minimum Gasteiger partial charge on any atom is -0.497 e. The van der Waals surface area contributed by atoms with Crippen molar-refractivity contribution in [2.45, 2.75) is 75.1 Å². The summed E-state index contributed by atoms with van der Waals surface area (Å²) in [5, 5.41) is 2.50. The van der Waals surface area contributed by atoms with Crippen LogP contribution in [0.25, 0.3) is 0 Å². The molecule has 1 N–H and O–H groups in total. The van der Waals surface area contributed by atoms with Gasteiger partial charge in [-0.25, -0.2) is 8.42 Å². The first-order valence-corrected chi connectivity index (χ1v) is 18.8. The lowest BCUT2D eigenvalue weighted by Gasteiger charge is -2.35. The zero-order valence-electron chi connectivity index (χ0n) is 28.9. The summed E-state index contributed by atoms with van der Waals surface area (Å²) in [5.41, 5.74) is 0.426. The molecule has 5 rings (SSSR count). The fraction of sp³-hybridized carbons (Fsp3) is 0.333. The van der Waals surface area contributed by atoms with E-state index >= 15 is 0 Å². The number of methoxy groups -OCH3 is 1. The third kappa shape index (κ3) is 9.65. The van der Waals surface area contributed by atoms with Gasteiger partial charge < -0.3 is 15.0 Å². The number of hydrogen-bond acceptors (Lipinski definition) is 5. The lowest BCUT2D eigenvalue weighted by atomic mass is 9.94. The first-order valence-electron chi connectivity index (χ1n) is 17.0. The number of sulfonamides is 1. The standard InChI is InChI=1S/C39H41ClF3N3O5S/c1-27-16-19-33(20-17-27)52(49,50)46(31-18-21-35(40)34(24-31)39(41,42)43)26-37(47)45(25-29-12-9-15-32(22-29)51-2)36(23-28-10-5-3-6-11-28)38(48)44-30-13-7-4-8-14-30/h3,5-6,9-12,15-22,24,30,36H,4,7-8,13-14,23,25-26H2,1-2H3,(H,44,48)/t36-/m1/s1. The van der Waals surface area contributed by atoms with E-state index in [-0.39, 0.29) is 23.9 Å². The highest BCUT2D eigenvalue weighted by Gasteiger charge is 2.38. The smallest absolute Gasteiger partial charge is 0.417 e. The van der Waals surface area contributed by atoms with Gasteiger partial charge in [0, 0.05) is 19.0 Å². The highest BCUT2D eigenvalue weighted by Crippen LogP contribution is 2.38. The molecule has 0 saturated heterocycles. The zero-order valence-corrected chi connectivity index (χ0v) is 30.5. The van der Waals surface area contributed by atoms with Gasteiger partial charge in [0.05, 0.1) is 28.3 Å². The van der Waals surface area contributed by atoms with Crippen LogP contribution in [-0.4, -0.2) is 50.9 Å². The molecule has 52 heavy (non-hydrogen) atoms. The van der Waals surface area contributed by atoms with E-state index in [4.69, 9.17) is 16.3 Å². The number of halogens is 4. The molecule has 4 aromatic carbocycles. The van der Waals surface area contributed by atoms with Crippen molar-refractivity contribution in [2.75, 3.05) is 18.0 Å². The molecule has 13 heteroatoms. The van der Waals surface area contributed by atoms with Crippen LogP contribution in [0.3, 0.4) is 0 Å². The Morgan fingerprint density at radius 1 is 0.904 bits per heavy atom. The molecule has 1 fully saturated rings. The van der Waals surface area contributed by atoms with Crippen LogP contribution in [0, 0.1) is 6.92 Å². The normalized spacial score (nSPS) is 14.3. The minimum atomic E-state index is -4.91. The molecule has 0 aliphatic heterocycles. The van der Waals surface area contributed by atoms with Gasteiger partial charge >= 0.3 is 6.18 Å². The Balaban J connectivity index is 1.62. The molecule has 4 aromatic rings. The van der Waals surface area contributed by atoms with Crippen molar-refractivity contribution in [2.24, 2.45) is 0 Å². The van der Waals surface area contributed by atoms with Crippen LogP contribution < -0.4 is 14.4 Å². The summed E-state index contributed by atoms with van der Waals surface area (Å²) in [5.74, 6) is -0.715. The van der Waals surface area contributed by atoms with Gasteiger partial charge in [-0.1, -0.05) is 91.0 Å². The molecule has 0 unspecified atom stereocenters. The lowest BCUT2D eigenvalue weighted by molar-refractivity contribution is -0.140. The molecule has 0 spiro atoms. The van der Waals surface area contributed by atoms with E-state index in [1.54, 1.807) is 43.3 Å². The van der Waals surface area contributed by atoms with Crippen molar-refractivity contribution in [3.05, 3.63) is 124 Å². The second-order valence-electron chi connectivity index (χ2n) is 12.9. The van der Waals surface area contributed by atoms with E-state index in [1.807, 2.05) is 30.3 Å². The molecule has 2 amide bonds. The summed E-state index contributed by atoms with van der Waals surface area (Å²) in [7, 11) is -3.14. The Kier molecular flexibility index (Phi) is 12.5. The van der Waals surface area contributed by atoms with Gasteiger partial charge in [0.25, 0.3) is 10.0 Å². The summed E-state index contributed by atoms with van der Waals surface area (Å²) >= 11 is 5.92. The maximum absolute atomic E-state index is 14.8. The third-order valence-electron chi connectivity index (χ3n) is 9.14. The zero-order chi connectivity index (χ0) is 37.5. The van der Waals surface area contributed by atoms with Crippen LogP contribution in [0.1, 0.15) is 54.4 Å². The van der Waals surface area contributed by atoms with E-state index in [2.05, 4.69) is 5.32 Å². The average Bonchev–Trinajstić information content (AvgIpc) is 3.13. The molecular weight excluding hydrogens is 715 g/mol. The molecule has 0 aromatic heterocycles. The summed E-state index contributed by atoms with van der Waals surface area (Å²) in [6, 6.07) is 23.3. The number of carbonyl (C=O) groups is 2. The van der Waals surface area contributed by atoms with Crippen molar-refractivity contribution in [3.8, 4) is 5.75 Å². The van der Waals surface area contributed by atoms with E-state index in [0.29, 0.717) is 21.7 Å². The van der Waals surface area contributed by atoms with Crippen LogP contribution >= 0.6 is 11.6 Å². The number of alkyl halides is 3. The van der Waals surface area contributed by atoms with Crippen molar-refractivity contribution in [1.29, 1.82) is 0 Å². The topological polar surface area (TPSA) is 96.0 Å². The van der Waals surface area contributed by atoms with Gasteiger partial charge in [0.2, 0.25) is 11.8 Å². The van der Waals surface area contributed by atoms with Crippen LogP contribution in [-0.2, 0) is 38.8 Å². The molecular formula is C39H41ClF3N3O5S. The largest absolute Gasteiger partial charge is 0.497 e. The summed E-state index contributed by atoms with van der Waals surface area (Å²) in [6.45, 7) is 0.716. The van der Waals surface area contributed by atoms with Crippen molar-refractivity contribution in [1.82, 2.24) is 10.2 Å². The molecule has 0 radical (unpaired) electrons. The first-order chi connectivity index (χ1) is 24.8. The molecule has 1 aliphatic carbocycles. The van der Waals surface area contributed by atoms with Crippen molar-refractivity contribution < 1.29 is 35.9 Å². The Bertz CT molecular complexity index is 1950. The quantitative estimate of drug-likeness (QED) is 0.150. The van der Waals surface area contributed by atoms with Crippen LogP contribution in [0.15, 0.2) is 102 Å². The number of benzene rings is 4. The molecule has 1 saturated carbocycles. The Labute approximate surface area is 307 Å². The fourth-order valence-electron chi connectivity index (χ4n) is 6.32. The SMILES string of the molecule is COc1cccc(CN(C(=O)CN(c2ccc(Cl)c(C(F)(F)F)c2)S(=O)(=O)c2ccc(C)cc2)[C@H](Cc2ccccc2)C(=O)NC2CCCCC2)c1. The Morgan fingerprint density at radius 2 is 1.58 bits per heavy atom. The summed E-state index contributed by atoms with van der Waals surface area (Å²) in [6.07, 6.45) is -0.276. The monoisotopic (exact) mass is 755 g/mol. The van der Waals surface area contributed by atoms with E-state index in [0.717, 1.165) is 55.4 Å². The van der Waals surface area contributed by atoms with Crippen LogP contribution in [0.2, 0.25) is 5.02 Å². The van der Waals surface area contributed by atoms with Crippen LogP contribution in [0.5, 0.6) is 5.75 Å². The maximum Gasteiger partial charge on any atom is 0.417 e. The highest BCUT2D eigenvalue weighted by molar-refractivity contribution is 7.92. The number of aryl methyl sites for hydroxylation is 1. The number of nitrogens with one attached hydrogen (secondary N) is 1. The van der Waals surface area contributed by atoms with Gasteiger partial charge in [-0.05, 0) is 73.4 Å². The summed E-state index contributed by atoms with van der Waals surface area (Å²) < 4.78 is 76.8. The van der Waals surface area contributed by atoms with E-state index in [9.17, 15) is 31.2 Å². The van der Waals surface area contributed by atoms with Gasteiger partial charge in [-0.15, -0.1) is 0 Å². The maximum atomic E-state index is 14.8. The first kappa shape index (κ1) is 38.7. The van der Waals surface area contributed by atoms with Gasteiger partial charge in [-0.3, -0.25) is 13.9 Å². The van der Waals surface area contributed by atoms with Gasteiger partial charge in [0.15, 0.2) is 0 Å². The number of hydrogen-bond donors (Lipinski definition) is 1. The molecule has 0 bridgehead atoms. The molecule has 1 atom stereocenters. The number of nitrogens with zero attached hydrogens (tertiary/aromatic N) is 2. The second-order valence-corrected chi connectivity index (χ2v) is 15.2. The van der Waals surface area contributed by atoms with Gasteiger partial charge in [-0.2, -0.15) is 13.2 Å². The second kappa shape index (κ2) is 16.9. The highest BCUT2D eigenvalue weighted by atomic mass is 35.5. The number of rotatable bonds is 13. The van der Waals surface area contributed by atoms with Crippen molar-refractivity contribution in [3.63, 3.8) is 0 Å². The molecule has 276 valence electrons. The van der Waals surface area contributed by atoms with E-state index in [1.165, 1.54) is 24.1 Å². The number of ether oxygens (including phenoxy) is 1. The predicted octanol–water partition coefficient (Wildman–Crippen LogP) is 7.96. The van der Waals surface area contributed by atoms with Crippen molar-refractivity contribution >= 4 is 39.1 Å². The Hall–Kier alpha value is -4.55. The molecule has 1 aliphatic rings. The third-order valence-corrected chi connectivity index (χ3v) is 11.3. The van der Waals surface area contributed by atoms with Gasteiger partial charge in [0.1, 0.15) is 18.3 Å². The lowest BCUT2D eigenvalue weighted by Crippen LogP contribution is -2.55. The average molecular weight is 756 g/mol. The van der Waals surface area contributed by atoms with Crippen LogP contribution in [0.4, 0.5) is 18.9 Å². The fourth-order valence-corrected chi connectivity index (χ4v) is 7.95. The summed E-state index contributed by atoms with van der Waals surface area (Å²) in [4.78, 5) is 30.1. The predicted molar refractivity (Wildman–Crippen MR) is 195 cm³/mol. The molecule has 0 heterocycles. The number of anilines is 1. The van der Waals surface area contributed by atoms with E-state index < -0.39 is 56.9 Å². The number of amides is 2.